The van der Waals surface area contributed by atoms with E-state index in [4.69, 9.17) is 0 Å². The van der Waals surface area contributed by atoms with Gasteiger partial charge in [-0.15, -0.1) is 10.2 Å². The number of nitrogens with one attached hydrogen (secondary N) is 1. The van der Waals surface area contributed by atoms with Crippen LogP contribution in [0.15, 0.2) is 67.0 Å². The van der Waals surface area contributed by atoms with Crippen LogP contribution in [0, 0.1) is 6.92 Å². The molecule has 0 unspecified atom stereocenters. The number of nitrogens with zero attached hydrogens (tertiary/aromatic N) is 5. The maximum absolute atomic E-state index is 12.5. The largest absolute Gasteiger partial charge is 0.352 e. The number of benzene rings is 1. The van der Waals surface area contributed by atoms with E-state index < -0.39 is 0 Å². The summed E-state index contributed by atoms with van der Waals surface area (Å²) in [5.74, 6) is 1.52. The Morgan fingerprint density at radius 2 is 1.83 bits per heavy atom. The lowest BCUT2D eigenvalue weighted by Gasteiger charge is -2.34. The minimum Gasteiger partial charge on any atom is -0.352 e. The molecule has 1 fully saturated rings. The topological polar surface area (TPSA) is 74.2 Å². The van der Waals surface area contributed by atoms with Gasteiger partial charge in [0.15, 0.2) is 11.6 Å². The number of hydrogen-bond donors (Lipinski definition) is 1. The predicted octanol–water partition coefficient (Wildman–Crippen LogP) is 3.29. The zero-order valence-corrected chi connectivity index (χ0v) is 16.9. The lowest BCUT2D eigenvalue weighted by atomic mass is 10.1. The lowest BCUT2D eigenvalue weighted by Crippen LogP contribution is -2.48. The average Bonchev–Trinajstić information content (AvgIpc) is 2.80. The minimum absolute atomic E-state index is 0.0417. The monoisotopic (exact) mass is 400 g/mol. The Morgan fingerprint density at radius 3 is 2.53 bits per heavy atom. The number of rotatable bonds is 5. The highest BCUT2D eigenvalue weighted by molar-refractivity contribution is 5.92. The first-order chi connectivity index (χ1) is 14.7. The van der Waals surface area contributed by atoms with E-state index in [2.05, 4.69) is 25.4 Å². The number of anilines is 3. The third-order valence-electron chi connectivity index (χ3n) is 5.09. The van der Waals surface area contributed by atoms with Gasteiger partial charge in [0.05, 0.1) is 11.9 Å². The van der Waals surface area contributed by atoms with Crippen molar-refractivity contribution in [3.05, 3.63) is 78.1 Å². The van der Waals surface area contributed by atoms with E-state index in [1.807, 2.05) is 66.4 Å². The van der Waals surface area contributed by atoms with Crippen LogP contribution in [0.3, 0.4) is 0 Å². The van der Waals surface area contributed by atoms with Gasteiger partial charge < -0.3 is 15.1 Å². The molecular weight excluding hydrogens is 376 g/mol. The summed E-state index contributed by atoms with van der Waals surface area (Å²) in [6.45, 7) is 4.83. The summed E-state index contributed by atoms with van der Waals surface area (Å²) in [4.78, 5) is 20.6. The van der Waals surface area contributed by atoms with Crippen LogP contribution in [0.5, 0.6) is 0 Å². The van der Waals surface area contributed by atoms with Crippen molar-refractivity contribution in [3.63, 3.8) is 0 Å². The summed E-state index contributed by atoms with van der Waals surface area (Å²) in [6.07, 6.45) is 7.02. The molecule has 0 atom stereocenters. The quantitative estimate of drug-likeness (QED) is 0.663. The number of carbonyl (C=O) groups is 1. The van der Waals surface area contributed by atoms with Crippen LogP contribution in [-0.4, -0.2) is 52.2 Å². The average molecular weight is 400 g/mol. The number of aryl methyl sites for hydroxylation is 1. The molecule has 1 N–H and O–H groups in total. The molecule has 3 aromatic rings. The van der Waals surface area contributed by atoms with Crippen molar-refractivity contribution in [1.82, 2.24) is 20.1 Å². The number of carbonyl (C=O) groups excluding carboxylic acids is 1. The molecular formula is C23H24N6O. The molecule has 152 valence electrons. The van der Waals surface area contributed by atoms with E-state index in [-0.39, 0.29) is 5.91 Å². The van der Waals surface area contributed by atoms with Gasteiger partial charge in [0.2, 0.25) is 5.91 Å². The van der Waals surface area contributed by atoms with E-state index in [1.165, 1.54) is 0 Å². The summed E-state index contributed by atoms with van der Waals surface area (Å²) in [5.41, 5.74) is 3.09. The summed E-state index contributed by atoms with van der Waals surface area (Å²) >= 11 is 0. The Hall–Kier alpha value is -3.74. The van der Waals surface area contributed by atoms with Crippen molar-refractivity contribution in [3.8, 4) is 0 Å². The molecule has 7 heteroatoms. The number of hydrogen-bond acceptors (Lipinski definition) is 6. The fraction of sp³-hybridized carbons (Fsp3) is 0.217. The first-order valence-corrected chi connectivity index (χ1v) is 9.97. The van der Waals surface area contributed by atoms with Gasteiger partial charge in [-0.05, 0) is 48.4 Å². The highest BCUT2D eigenvalue weighted by Crippen LogP contribution is 2.17. The van der Waals surface area contributed by atoms with Gasteiger partial charge in [0, 0.05) is 38.5 Å². The third kappa shape index (κ3) is 4.81. The Labute approximate surface area is 176 Å². The summed E-state index contributed by atoms with van der Waals surface area (Å²) in [5, 5.41) is 11.8. The highest BCUT2D eigenvalue weighted by atomic mass is 16.2. The Bertz CT molecular complexity index is 1010. The fourth-order valence-corrected chi connectivity index (χ4v) is 3.34. The van der Waals surface area contributed by atoms with Crippen molar-refractivity contribution in [2.24, 2.45) is 0 Å². The van der Waals surface area contributed by atoms with Gasteiger partial charge in [0.1, 0.15) is 0 Å². The molecule has 30 heavy (non-hydrogen) atoms. The van der Waals surface area contributed by atoms with Crippen LogP contribution < -0.4 is 10.2 Å². The van der Waals surface area contributed by atoms with Gasteiger partial charge in [-0.1, -0.05) is 24.3 Å². The molecule has 4 rings (SSSR count). The lowest BCUT2D eigenvalue weighted by molar-refractivity contribution is -0.126. The molecule has 1 saturated heterocycles. The van der Waals surface area contributed by atoms with E-state index in [0.717, 1.165) is 35.7 Å². The molecule has 1 amide bonds. The minimum atomic E-state index is 0.0417. The molecule has 1 aromatic carbocycles. The Morgan fingerprint density at radius 1 is 1.00 bits per heavy atom. The van der Waals surface area contributed by atoms with Crippen LogP contribution in [0.1, 0.15) is 11.1 Å². The van der Waals surface area contributed by atoms with Crippen LogP contribution in [-0.2, 0) is 4.79 Å². The van der Waals surface area contributed by atoms with Crippen LogP contribution in [0.2, 0.25) is 0 Å². The first-order valence-electron chi connectivity index (χ1n) is 9.97. The van der Waals surface area contributed by atoms with Crippen LogP contribution in [0.25, 0.3) is 6.08 Å². The van der Waals surface area contributed by atoms with Gasteiger partial charge in [0.25, 0.3) is 0 Å². The number of aromatic nitrogens is 3. The zero-order chi connectivity index (χ0) is 20.8. The van der Waals surface area contributed by atoms with E-state index >= 15 is 0 Å². The van der Waals surface area contributed by atoms with E-state index in [0.29, 0.717) is 18.9 Å². The maximum atomic E-state index is 12.5. The molecule has 2 aromatic heterocycles. The zero-order valence-electron chi connectivity index (χ0n) is 16.9. The molecule has 1 aliphatic heterocycles. The number of amides is 1. The molecule has 7 nitrogen and oxygen atoms in total. The van der Waals surface area contributed by atoms with Gasteiger partial charge in [-0.25, -0.2) is 0 Å². The van der Waals surface area contributed by atoms with Gasteiger partial charge >= 0.3 is 0 Å². The smallest absolute Gasteiger partial charge is 0.246 e. The fourth-order valence-electron chi connectivity index (χ4n) is 3.34. The Kier molecular flexibility index (Phi) is 5.98. The maximum Gasteiger partial charge on any atom is 0.246 e. The summed E-state index contributed by atoms with van der Waals surface area (Å²) in [7, 11) is 0. The van der Waals surface area contributed by atoms with Gasteiger partial charge in [-0.2, -0.15) is 0 Å². The second kappa shape index (κ2) is 9.17. The van der Waals surface area contributed by atoms with Gasteiger partial charge in [-0.3, -0.25) is 9.78 Å². The predicted molar refractivity (Wildman–Crippen MR) is 119 cm³/mol. The Balaban J connectivity index is 1.31. The molecule has 0 saturated carbocycles. The molecule has 3 heterocycles. The SMILES string of the molecule is Cc1ccccc1/C=C/C(=O)N1CCN(c2ccc(Nc3cccnc3)nn2)CC1. The van der Waals surface area contributed by atoms with Crippen LogP contribution in [0.4, 0.5) is 17.3 Å². The summed E-state index contributed by atoms with van der Waals surface area (Å²) in [6, 6.07) is 15.7. The van der Waals surface area contributed by atoms with Crippen LogP contribution >= 0.6 is 0 Å². The van der Waals surface area contributed by atoms with Crippen molar-refractivity contribution in [2.75, 3.05) is 36.4 Å². The molecule has 0 radical (unpaired) electrons. The standard InChI is InChI=1S/C23H24N6O/c1-18-5-2-3-6-19(18)8-11-23(30)29-15-13-28(14-16-29)22-10-9-21(26-27-22)25-20-7-4-12-24-17-20/h2-12,17H,13-16H2,1H3,(H,25,26)/b11-8+. The first kappa shape index (κ1) is 19.6. The number of pyridine rings is 1. The van der Waals surface area contributed by atoms with E-state index in [1.54, 1.807) is 18.5 Å². The van der Waals surface area contributed by atoms with Crippen molar-refractivity contribution < 1.29 is 4.79 Å². The highest BCUT2D eigenvalue weighted by Gasteiger charge is 2.20. The molecule has 0 spiro atoms. The normalized spacial score (nSPS) is 14.2. The van der Waals surface area contributed by atoms with Crippen molar-refractivity contribution in [1.29, 1.82) is 0 Å². The summed E-state index contributed by atoms with van der Waals surface area (Å²) < 4.78 is 0. The second-order valence-electron chi connectivity index (χ2n) is 7.15. The van der Waals surface area contributed by atoms with Crippen molar-refractivity contribution >= 4 is 29.3 Å². The van der Waals surface area contributed by atoms with E-state index in [9.17, 15) is 4.79 Å². The second-order valence-corrected chi connectivity index (χ2v) is 7.15. The molecule has 1 aliphatic rings. The molecule has 0 bridgehead atoms. The third-order valence-corrected chi connectivity index (χ3v) is 5.09. The molecule has 0 aliphatic carbocycles. The van der Waals surface area contributed by atoms with Crippen molar-refractivity contribution in [2.45, 2.75) is 6.92 Å². The number of piperazine rings is 1.